The molecule has 23 heavy (non-hydrogen) atoms. The van der Waals surface area contributed by atoms with Gasteiger partial charge >= 0.3 is 6.09 Å². The molecule has 1 aliphatic rings. The van der Waals surface area contributed by atoms with Crippen molar-refractivity contribution in [2.45, 2.75) is 6.42 Å². The molecule has 0 saturated carbocycles. The zero-order valence-electron chi connectivity index (χ0n) is 12.3. The Kier molecular flexibility index (Phi) is 4.23. The molecule has 5 nitrogen and oxygen atoms in total. The summed E-state index contributed by atoms with van der Waals surface area (Å²) in [6.45, 7) is 0.907. The molecule has 1 saturated heterocycles. The highest BCUT2D eigenvalue weighted by Gasteiger charge is 2.23. The number of amides is 2. The molecule has 6 heteroatoms. The van der Waals surface area contributed by atoms with Gasteiger partial charge in [-0.05, 0) is 42.0 Å². The Morgan fingerprint density at radius 1 is 1.13 bits per heavy atom. The third-order valence-electron chi connectivity index (χ3n) is 3.50. The van der Waals surface area contributed by atoms with Crippen LogP contribution in [0.2, 0.25) is 0 Å². The van der Waals surface area contributed by atoms with Gasteiger partial charge < -0.3 is 10.1 Å². The summed E-state index contributed by atoms with van der Waals surface area (Å²) in [7, 11) is 0. The maximum atomic E-state index is 12.8. The van der Waals surface area contributed by atoms with Crippen LogP contribution in [0.1, 0.15) is 5.56 Å². The molecule has 118 valence electrons. The van der Waals surface area contributed by atoms with E-state index in [0.717, 1.165) is 11.3 Å². The average molecular weight is 314 g/mol. The number of rotatable bonds is 4. The van der Waals surface area contributed by atoms with Gasteiger partial charge in [-0.25, -0.2) is 9.18 Å². The van der Waals surface area contributed by atoms with Crippen molar-refractivity contribution < 1.29 is 18.7 Å². The molecule has 1 aliphatic heterocycles. The van der Waals surface area contributed by atoms with Gasteiger partial charge in [0.1, 0.15) is 12.4 Å². The zero-order chi connectivity index (χ0) is 16.2. The molecule has 1 fully saturated rings. The third-order valence-corrected chi connectivity index (χ3v) is 3.50. The van der Waals surface area contributed by atoms with Crippen LogP contribution in [0.25, 0.3) is 0 Å². The maximum absolute atomic E-state index is 12.8. The second-order valence-electron chi connectivity index (χ2n) is 5.16. The van der Waals surface area contributed by atoms with Crippen LogP contribution in [0.3, 0.4) is 0 Å². The molecule has 0 radical (unpaired) electrons. The summed E-state index contributed by atoms with van der Waals surface area (Å²) in [5.74, 6) is -0.518. The van der Waals surface area contributed by atoms with E-state index in [1.54, 1.807) is 36.4 Å². The Labute approximate surface area is 132 Å². The number of carbonyl (C=O) groups excluding carboxylic acids is 2. The minimum atomic E-state index is -0.363. The molecule has 0 unspecified atom stereocenters. The number of hydrogen-bond acceptors (Lipinski definition) is 3. The van der Waals surface area contributed by atoms with Crippen molar-refractivity contribution in [3.05, 3.63) is 59.9 Å². The number of halogens is 1. The van der Waals surface area contributed by atoms with Crippen LogP contribution >= 0.6 is 0 Å². The number of cyclic esters (lactones) is 1. The molecule has 0 aromatic heterocycles. The molecule has 1 N–H and O–H groups in total. The van der Waals surface area contributed by atoms with Crippen LogP contribution in [0.15, 0.2) is 48.5 Å². The summed E-state index contributed by atoms with van der Waals surface area (Å²) in [5, 5.41) is 2.77. The van der Waals surface area contributed by atoms with Crippen LogP contribution in [0.4, 0.5) is 20.6 Å². The Morgan fingerprint density at radius 3 is 2.43 bits per heavy atom. The standard InChI is InChI=1S/C17H15FN2O3/c18-13-3-1-12(2-4-13)11-16(21)19-14-5-7-15(8-6-14)20-9-10-23-17(20)22/h1-8H,9-11H2,(H,19,21). The second-order valence-corrected chi connectivity index (χ2v) is 5.16. The predicted molar refractivity (Wildman–Crippen MR) is 83.9 cm³/mol. The monoisotopic (exact) mass is 314 g/mol. The van der Waals surface area contributed by atoms with Gasteiger partial charge in [0.15, 0.2) is 0 Å². The van der Waals surface area contributed by atoms with E-state index in [-0.39, 0.29) is 24.2 Å². The van der Waals surface area contributed by atoms with E-state index in [9.17, 15) is 14.0 Å². The summed E-state index contributed by atoms with van der Waals surface area (Å²) in [6.07, 6.45) is -0.196. The number of benzene rings is 2. The SMILES string of the molecule is O=C(Cc1ccc(F)cc1)Nc1ccc(N2CCOC2=O)cc1. The number of ether oxygens (including phenoxy) is 1. The molecule has 0 aliphatic carbocycles. The number of nitrogens with one attached hydrogen (secondary N) is 1. The average Bonchev–Trinajstić information content (AvgIpc) is 2.96. The van der Waals surface area contributed by atoms with Crippen LogP contribution in [0.5, 0.6) is 0 Å². The van der Waals surface area contributed by atoms with Crippen LogP contribution in [0, 0.1) is 5.82 Å². The lowest BCUT2D eigenvalue weighted by molar-refractivity contribution is -0.115. The van der Waals surface area contributed by atoms with Crippen molar-refractivity contribution in [3.63, 3.8) is 0 Å². The zero-order valence-corrected chi connectivity index (χ0v) is 12.3. The first-order valence-corrected chi connectivity index (χ1v) is 7.20. The van der Waals surface area contributed by atoms with Crippen LogP contribution in [-0.2, 0) is 16.0 Å². The number of hydrogen-bond donors (Lipinski definition) is 1. The van der Waals surface area contributed by atoms with E-state index >= 15 is 0 Å². The van der Waals surface area contributed by atoms with Gasteiger partial charge in [-0.3, -0.25) is 9.69 Å². The molecule has 0 atom stereocenters. The van der Waals surface area contributed by atoms with Gasteiger partial charge in [0.25, 0.3) is 0 Å². The first-order chi connectivity index (χ1) is 11.1. The second kappa shape index (κ2) is 6.48. The van der Waals surface area contributed by atoms with Crippen LogP contribution in [-0.4, -0.2) is 25.2 Å². The third kappa shape index (κ3) is 3.66. The van der Waals surface area contributed by atoms with E-state index in [1.165, 1.54) is 17.0 Å². The van der Waals surface area contributed by atoms with Gasteiger partial charge in [-0.15, -0.1) is 0 Å². The van der Waals surface area contributed by atoms with Crippen molar-refractivity contribution in [2.24, 2.45) is 0 Å². The van der Waals surface area contributed by atoms with Crippen molar-refractivity contribution >= 4 is 23.4 Å². The van der Waals surface area contributed by atoms with Crippen molar-refractivity contribution in [1.29, 1.82) is 0 Å². The molecule has 0 spiro atoms. The van der Waals surface area contributed by atoms with E-state index in [0.29, 0.717) is 18.8 Å². The molecule has 2 aromatic carbocycles. The predicted octanol–water partition coefficient (Wildman–Crippen LogP) is 2.96. The highest BCUT2D eigenvalue weighted by atomic mass is 19.1. The Bertz CT molecular complexity index is 714. The fourth-order valence-electron chi connectivity index (χ4n) is 2.35. The molecular formula is C17H15FN2O3. The smallest absolute Gasteiger partial charge is 0.414 e. The first kappa shape index (κ1) is 15.0. The molecular weight excluding hydrogens is 299 g/mol. The summed E-state index contributed by atoms with van der Waals surface area (Å²) in [5.41, 5.74) is 2.10. The van der Waals surface area contributed by atoms with Crippen molar-refractivity contribution in [1.82, 2.24) is 0 Å². The van der Waals surface area contributed by atoms with E-state index in [1.807, 2.05) is 0 Å². The quantitative estimate of drug-likeness (QED) is 0.944. The topological polar surface area (TPSA) is 58.6 Å². The number of carbonyl (C=O) groups is 2. The molecule has 2 amide bonds. The lowest BCUT2D eigenvalue weighted by atomic mass is 10.1. The highest BCUT2D eigenvalue weighted by Crippen LogP contribution is 2.21. The molecule has 3 rings (SSSR count). The van der Waals surface area contributed by atoms with Gasteiger partial charge in [-0.1, -0.05) is 12.1 Å². The number of nitrogens with zero attached hydrogens (tertiary/aromatic N) is 1. The largest absolute Gasteiger partial charge is 0.447 e. The highest BCUT2D eigenvalue weighted by molar-refractivity contribution is 5.93. The van der Waals surface area contributed by atoms with E-state index < -0.39 is 0 Å². The van der Waals surface area contributed by atoms with Gasteiger partial charge in [-0.2, -0.15) is 0 Å². The minimum absolute atomic E-state index is 0.167. The van der Waals surface area contributed by atoms with Gasteiger partial charge in [0.2, 0.25) is 5.91 Å². The van der Waals surface area contributed by atoms with E-state index in [4.69, 9.17) is 4.74 Å². The number of anilines is 2. The van der Waals surface area contributed by atoms with Gasteiger partial charge in [0.05, 0.1) is 13.0 Å². The minimum Gasteiger partial charge on any atom is -0.447 e. The van der Waals surface area contributed by atoms with Crippen molar-refractivity contribution in [2.75, 3.05) is 23.4 Å². The summed E-state index contributed by atoms with van der Waals surface area (Å²) >= 11 is 0. The van der Waals surface area contributed by atoms with E-state index in [2.05, 4.69) is 5.32 Å². The Hall–Kier alpha value is -2.89. The molecule has 1 heterocycles. The summed E-state index contributed by atoms with van der Waals surface area (Å²) < 4.78 is 17.7. The Morgan fingerprint density at radius 2 is 1.83 bits per heavy atom. The summed E-state index contributed by atoms with van der Waals surface area (Å²) in [6, 6.07) is 12.8. The summed E-state index contributed by atoms with van der Waals surface area (Å²) in [4.78, 5) is 25.0. The molecule has 0 bridgehead atoms. The van der Waals surface area contributed by atoms with Gasteiger partial charge in [0, 0.05) is 11.4 Å². The maximum Gasteiger partial charge on any atom is 0.414 e. The van der Waals surface area contributed by atoms with Crippen LogP contribution < -0.4 is 10.2 Å². The first-order valence-electron chi connectivity index (χ1n) is 7.20. The Balaban J connectivity index is 1.60. The normalized spacial score (nSPS) is 13.8. The lowest BCUT2D eigenvalue weighted by Gasteiger charge is -2.13. The fraction of sp³-hybridized carbons (Fsp3) is 0.176. The van der Waals surface area contributed by atoms with Crippen molar-refractivity contribution in [3.8, 4) is 0 Å². The lowest BCUT2D eigenvalue weighted by Crippen LogP contribution is -2.23. The molecule has 2 aromatic rings. The fourth-order valence-corrected chi connectivity index (χ4v) is 2.35.